The fourth-order valence-corrected chi connectivity index (χ4v) is 5.00. The Hall–Kier alpha value is -3.70. The lowest BCUT2D eigenvalue weighted by atomic mass is 10.0. The summed E-state index contributed by atoms with van der Waals surface area (Å²) in [6.45, 7) is 3.88. The number of nitrogens with one attached hydrogen (secondary N) is 1. The number of amides is 1. The number of phenols is 1. The van der Waals surface area contributed by atoms with Crippen molar-refractivity contribution in [2.75, 3.05) is 11.9 Å². The Morgan fingerprint density at radius 2 is 1.76 bits per heavy atom. The average molecular weight is 574 g/mol. The largest absolute Gasteiger partial charge is 0.505 e. The van der Waals surface area contributed by atoms with Crippen molar-refractivity contribution in [3.8, 4) is 11.5 Å². The van der Waals surface area contributed by atoms with Gasteiger partial charge in [-0.25, -0.2) is 0 Å². The van der Waals surface area contributed by atoms with E-state index in [1.54, 1.807) is 43.3 Å². The number of nitrogens with zero attached hydrogens (tertiary/aromatic N) is 2. The molecule has 0 aliphatic carbocycles. The van der Waals surface area contributed by atoms with Gasteiger partial charge in [-0.05, 0) is 61.2 Å². The number of hydrogen-bond acceptors (Lipinski definition) is 7. The van der Waals surface area contributed by atoms with Gasteiger partial charge < -0.3 is 15.2 Å². The van der Waals surface area contributed by atoms with Crippen LogP contribution in [0.1, 0.15) is 22.8 Å². The van der Waals surface area contributed by atoms with Gasteiger partial charge in [-0.1, -0.05) is 47.5 Å². The summed E-state index contributed by atoms with van der Waals surface area (Å²) in [4.78, 5) is 12.6. The molecule has 0 bridgehead atoms. The van der Waals surface area contributed by atoms with Gasteiger partial charge in [-0.2, -0.15) is 13.5 Å². The molecule has 3 N–H and O–H groups in total. The first kappa shape index (κ1) is 27.3. The molecule has 38 heavy (non-hydrogen) atoms. The Balaban J connectivity index is 1.76. The summed E-state index contributed by atoms with van der Waals surface area (Å²) in [5, 5.41) is 23.2. The van der Waals surface area contributed by atoms with E-state index < -0.39 is 26.7 Å². The van der Waals surface area contributed by atoms with Gasteiger partial charge in [-0.15, -0.1) is 5.11 Å². The van der Waals surface area contributed by atoms with Crippen molar-refractivity contribution in [2.45, 2.75) is 18.7 Å². The Morgan fingerprint density at radius 3 is 2.45 bits per heavy atom. The summed E-state index contributed by atoms with van der Waals surface area (Å²) >= 11 is 12.2. The predicted molar refractivity (Wildman–Crippen MR) is 146 cm³/mol. The Kier molecular flexibility index (Phi) is 7.89. The Labute approximate surface area is 228 Å². The van der Waals surface area contributed by atoms with Crippen molar-refractivity contribution >= 4 is 67.1 Å². The maximum Gasteiger partial charge on any atom is 0.296 e. The number of halogens is 2. The maximum absolute atomic E-state index is 13.1. The van der Waals surface area contributed by atoms with Gasteiger partial charge in [0.15, 0.2) is 5.75 Å². The number of anilines is 1. The van der Waals surface area contributed by atoms with E-state index in [1.165, 1.54) is 18.2 Å². The van der Waals surface area contributed by atoms with Crippen molar-refractivity contribution in [1.29, 1.82) is 0 Å². The van der Waals surface area contributed by atoms with Crippen LogP contribution in [-0.4, -0.2) is 30.6 Å². The molecule has 4 aromatic rings. The van der Waals surface area contributed by atoms with E-state index in [2.05, 4.69) is 15.5 Å². The highest BCUT2D eigenvalue weighted by atomic mass is 35.5. The zero-order chi connectivity index (χ0) is 27.6. The molecule has 0 radical (unpaired) electrons. The molecule has 0 spiro atoms. The van der Waals surface area contributed by atoms with Crippen LogP contribution in [0.4, 0.5) is 17.1 Å². The number of fused-ring (bicyclic) bond motifs is 1. The number of benzene rings is 4. The van der Waals surface area contributed by atoms with E-state index >= 15 is 0 Å². The summed E-state index contributed by atoms with van der Waals surface area (Å²) < 4.78 is 38.2. The minimum atomic E-state index is -4.61. The zero-order valence-corrected chi connectivity index (χ0v) is 22.4. The number of aromatic hydroxyl groups is 1. The van der Waals surface area contributed by atoms with Gasteiger partial charge in [0.2, 0.25) is 0 Å². The number of phenolic OH excluding ortho intramolecular Hbond substituents is 1. The molecule has 0 aliphatic heterocycles. The summed E-state index contributed by atoms with van der Waals surface area (Å²) in [7, 11) is -4.61. The zero-order valence-electron chi connectivity index (χ0n) is 20.1. The number of ether oxygens (including phenoxy) is 1. The maximum atomic E-state index is 13.1. The standard InChI is InChI=1S/C26H21Cl2N3O6S/c1-3-37-22-9-8-16(12-19(22)27)29-26(33)18-11-15-6-4-5-7-17(15)24(25(18)32)31-30-21-13-23(38(34,35)36)20(28)10-14(21)2/h4-13,32H,3H2,1-2H3,(H,29,33)(H,34,35,36). The molecule has 0 aromatic heterocycles. The van der Waals surface area contributed by atoms with Crippen LogP contribution in [0.3, 0.4) is 0 Å². The van der Waals surface area contributed by atoms with Crippen LogP contribution in [0.15, 0.2) is 75.8 Å². The number of hydrogen-bond donors (Lipinski definition) is 3. The van der Waals surface area contributed by atoms with Crippen LogP contribution in [-0.2, 0) is 10.1 Å². The first-order valence-corrected chi connectivity index (χ1v) is 13.4. The van der Waals surface area contributed by atoms with E-state index in [9.17, 15) is 22.9 Å². The highest BCUT2D eigenvalue weighted by Gasteiger charge is 2.20. The number of aryl methyl sites for hydroxylation is 1. The fourth-order valence-electron chi connectivity index (χ4n) is 3.69. The molecule has 0 saturated heterocycles. The summed E-state index contributed by atoms with van der Waals surface area (Å²) in [5.74, 6) is -0.595. The predicted octanol–water partition coefficient (Wildman–Crippen LogP) is 7.47. The van der Waals surface area contributed by atoms with Crippen LogP contribution >= 0.6 is 23.2 Å². The third-order valence-electron chi connectivity index (χ3n) is 5.52. The van der Waals surface area contributed by atoms with Crippen molar-refractivity contribution in [2.24, 2.45) is 10.2 Å². The first-order chi connectivity index (χ1) is 18.0. The van der Waals surface area contributed by atoms with Gasteiger partial charge in [0, 0.05) is 11.1 Å². The molecule has 0 heterocycles. The van der Waals surface area contributed by atoms with Crippen molar-refractivity contribution < 1.29 is 27.6 Å². The Morgan fingerprint density at radius 1 is 1.03 bits per heavy atom. The lowest BCUT2D eigenvalue weighted by Crippen LogP contribution is -2.12. The monoisotopic (exact) mass is 573 g/mol. The third-order valence-corrected chi connectivity index (χ3v) is 7.13. The topological polar surface area (TPSA) is 138 Å². The van der Waals surface area contributed by atoms with Crippen LogP contribution in [0.5, 0.6) is 11.5 Å². The van der Waals surface area contributed by atoms with Crippen LogP contribution in [0.25, 0.3) is 10.8 Å². The second-order valence-corrected chi connectivity index (χ2v) is 10.3. The van der Waals surface area contributed by atoms with Crippen LogP contribution < -0.4 is 10.1 Å². The molecule has 0 unspecified atom stereocenters. The molecule has 0 atom stereocenters. The highest BCUT2D eigenvalue weighted by molar-refractivity contribution is 7.86. The molecule has 4 rings (SSSR count). The summed E-state index contributed by atoms with van der Waals surface area (Å²) in [6.07, 6.45) is 0. The second kappa shape index (κ2) is 11.0. The van der Waals surface area contributed by atoms with E-state index in [4.69, 9.17) is 27.9 Å². The van der Waals surface area contributed by atoms with E-state index in [-0.39, 0.29) is 22.0 Å². The molecule has 0 aliphatic rings. The summed E-state index contributed by atoms with van der Waals surface area (Å²) in [5.41, 5.74) is 0.851. The van der Waals surface area contributed by atoms with Gasteiger partial charge in [0.25, 0.3) is 16.0 Å². The number of carbonyl (C=O) groups excluding carboxylic acids is 1. The molecular formula is C26H21Cl2N3O6S. The molecule has 196 valence electrons. The average Bonchev–Trinajstić information content (AvgIpc) is 2.85. The lowest BCUT2D eigenvalue weighted by Gasteiger charge is -2.12. The van der Waals surface area contributed by atoms with E-state index in [1.807, 2.05) is 6.92 Å². The minimum Gasteiger partial charge on any atom is -0.505 e. The molecule has 0 fully saturated rings. The van der Waals surface area contributed by atoms with E-state index in [0.717, 1.165) is 6.07 Å². The number of carbonyl (C=O) groups is 1. The van der Waals surface area contributed by atoms with Crippen LogP contribution in [0.2, 0.25) is 10.0 Å². The first-order valence-electron chi connectivity index (χ1n) is 11.2. The number of azo groups is 1. The van der Waals surface area contributed by atoms with E-state index in [0.29, 0.717) is 39.4 Å². The summed E-state index contributed by atoms with van der Waals surface area (Å²) in [6, 6.07) is 15.6. The van der Waals surface area contributed by atoms with Crippen molar-refractivity contribution in [3.63, 3.8) is 0 Å². The second-order valence-electron chi connectivity index (χ2n) is 8.12. The molecule has 9 nitrogen and oxygen atoms in total. The number of rotatable bonds is 7. The normalized spacial score (nSPS) is 11.7. The van der Waals surface area contributed by atoms with Crippen LogP contribution in [0, 0.1) is 6.92 Å². The highest BCUT2D eigenvalue weighted by Crippen LogP contribution is 2.40. The van der Waals surface area contributed by atoms with Gasteiger partial charge in [0.1, 0.15) is 16.3 Å². The molecular weight excluding hydrogens is 553 g/mol. The molecule has 0 saturated carbocycles. The molecule has 4 aromatic carbocycles. The quantitative estimate of drug-likeness (QED) is 0.155. The van der Waals surface area contributed by atoms with Crippen molar-refractivity contribution in [3.05, 3.63) is 81.8 Å². The SMILES string of the molecule is CCOc1ccc(NC(=O)c2cc3ccccc3c(N=Nc3cc(S(=O)(=O)O)c(Cl)cc3C)c2O)cc1Cl. The smallest absolute Gasteiger partial charge is 0.296 e. The van der Waals surface area contributed by atoms with Gasteiger partial charge >= 0.3 is 0 Å². The van der Waals surface area contributed by atoms with Gasteiger partial charge in [0.05, 0.1) is 27.9 Å². The Bertz CT molecular complexity index is 1710. The fraction of sp³-hybridized carbons (Fsp3) is 0.115. The molecule has 12 heteroatoms. The lowest BCUT2D eigenvalue weighted by molar-refractivity contribution is 0.102. The van der Waals surface area contributed by atoms with Crippen molar-refractivity contribution in [1.82, 2.24) is 0 Å². The van der Waals surface area contributed by atoms with Gasteiger partial charge in [-0.3, -0.25) is 9.35 Å². The third kappa shape index (κ3) is 5.73. The minimum absolute atomic E-state index is 0.0132. The molecule has 1 amide bonds.